The first kappa shape index (κ1) is 22.4. The van der Waals surface area contributed by atoms with Gasteiger partial charge in [-0.25, -0.2) is 14.8 Å². The van der Waals surface area contributed by atoms with Crippen LogP contribution in [0.15, 0.2) is 58.4 Å². The number of H-pyrrole nitrogens is 1. The first-order valence-electron chi connectivity index (χ1n) is 10.9. The molecule has 1 aliphatic rings. The molecule has 0 amide bonds. The van der Waals surface area contributed by atoms with Gasteiger partial charge in [-0.05, 0) is 36.9 Å². The Morgan fingerprint density at radius 2 is 2.15 bits per heavy atom. The Kier molecular flexibility index (Phi) is 6.91. The van der Waals surface area contributed by atoms with E-state index < -0.39 is 5.56 Å². The number of hydrazone groups is 1. The molecule has 0 saturated carbocycles. The highest BCUT2D eigenvalue weighted by atomic mass is 19.1. The van der Waals surface area contributed by atoms with Gasteiger partial charge in [0.2, 0.25) is 5.95 Å². The maximum atomic E-state index is 14.6. The summed E-state index contributed by atoms with van der Waals surface area (Å²) >= 11 is 0. The fourth-order valence-corrected chi connectivity index (χ4v) is 4.05. The van der Waals surface area contributed by atoms with Crippen molar-refractivity contribution in [1.82, 2.24) is 14.9 Å². The molecule has 4 rings (SSSR count). The number of piperidine rings is 1. The van der Waals surface area contributed by atoms with Crippen molar-refractivity contribution in [2.24, 2.45) is 11.0 Å². The highest BCUT2D eigenvalue weighted by molar-refractivity contribution is 5.80. The lowest BCUT2D eigenvalue weighted by Gasteiger charge is -2.30. The molecule has 1 saturated heterocycles. The molecule has 1 unspecified atom stereocenters. The van der Waals surface area contributed by atoms with Crippen molar-refractivity contribution in [1.29, 1.82) is 5.26 Å². The van der Waals surface area contributed by atoms with Gasteiger partial charge in [0.05, 0.1) is 11.9 Å². The fourth-order valence-electron chi connectivity index (χ4n) is 4.05. The van der Waals surface area contributed by atoms with Gasteiger partial charge >= 0.3 is 0 Å². The zero-order chi connectivity index (χ0) is 23.2. The third-order valence-electron chi connectivity index (χ3n) is 5.67. The van der Waals surface area contributed by atoms with Gasteiger partial charge < -0.3 is 0 Å². The predicted molar refractivity (Wildman–Crippen MR) is 126 cm³/mol. The van der Waals surface area contributed by atoms with E-state index in [1.54, 1.807) is 36.4 Å². The Labute approximate surface area is 191 Å². The Morgan fingerprint density at radius 3 is 2.88 bits per heavy atom. The van der Waals surface area contributed by atoms with E-state index >= 15 is 0 Å². The number of hydrogen-bond donors (Lipinski definition) is 2. The number of halogens is 1. The SMILES string of the molecule is CC1CCCN(Cc2ccc(C=NNc3nc(-c4ccccc4)c(C#N)c(=O)[nH]3)cc2F)C1. The summed E-state index contributed by atoms with van der Waals surface area (Å²) in [5.41, 5.74) is 4.18. The molecular formula is C25H25FN6O. The van der Waals surface area contributed by atoms with Gasteiger partial charge in [-0.2, -0.15) is 10.4 Å². The monoisotopic (exact) mass is 444 g/mol. The van der Waals surface area contributed by atoms with E-state index in [9.17, 15) is 14.4 Å². The summed E-state index contributed by atoms with van der Waals surface area (Å²) in [4.78, 5) is 21.4. The second kappa shape index (κ2) is 10.2. The lowest BCUT2D eigenvalue weighted by molar-refractivity contribution is 0.175. The number of benzene rings is 2. The lowest BCUT2D eigenvalue weighted by Crippen LogP contribution is -2.33. The molecule has 0 radical (unpaired) electrons. The average Bonchev–Trinajstić information content (AvgIpc) is 2.81. The minimum atomic E-state index is -0.563. The summed E-state index contributed by atoms with van der Waals surface area (Å²) in [6.07, 6.45) is 3.83. The van der Waals surface area contributed by atoms with Crippen LogP contribution in [0.25, 0.3) is 11.3 Å². The van der Waals surface area contributed by atoms with E-state index in [2.05, 4.69) is 32.3 Å². The summed E-state index contributed by atoms with van der Waals surface area (Å²) in [7, 11) is 0. The topological polar surface area (TPSA) is 97.2 Å². The first-order chi connectivity index (χ1) is 16.0. The Morgan fingerprint density at radius 1 is 1.33 bits per heavy atom. The van der Waals surface area contributed by atoms with E-state index in [4.69, 9.17) is 0 Å². The molecule has 8 heteroatoms. The summed E-state index contributed by atoms with van der Waals surface area (Å²) in [6, 6.07) is 15.9. The number of aromatic amines is 1. The van der Waals surface area contributed by atoms with Crippen LogP contribution in [0.5, 0.6) is 0 Å². The van der Waals surface area contributed by atoms with Crippen LogP contribution >= 0.6 is 0 Å². The van der Waals surface area contributed by atoms with Gasteiger partial charge in [-0.15, -0.1) is 0 Å². The number of nitrogens with one attached hydrogen (secondary N) is 2. The summed E-state index contributed by atoms with van der Waals surface area (Å²) in [5, 5.41) is 13.4. The maximum Gasteiger partial charge on any atom is 0.270 e. The summed E-state index contributed by atoms with van der Waals surface area (Å²) in [5.74, 6) is 0.461. The Balaban J connectivity index is 1.47. The van der Waals surface area contributed by atoms with Crippen LogP contribution in [0.4, 0.5) is 10.3 Å². The third kappa shape index (κ3) is 5.51. The molecule has 2 N–H and O–H groups in total. The van der Waals surface area contributed by atoms with E-state index in [-0.39, 0.29) is 23.0 Å². The molecule has 2 heterocycles. The maximum absolute atomic E-state index is 14.6. The van der Waals surface area contributed by atoms with Gasteiger partial charge in [-0.1, -0.05) is 49.4 Å². The second-order valence-electron chi connectivity index (χ2n) is 8.32. The van der Waals surface area contributed by atoms with Crippen LogP contribution in [-0.4, -0.2) is 34.2 Å². The van der Waals surface area contributed by atoms with Crippen molar-refractivity contribution in [2.75, 3.05) is 18.5 Å². The predicted octanol–water partition coefficient (Wildman–Crippen LogP) is 4.13. The smallest absolute Gasteiger partial charge is 0.270 e. The molecule has 1 aliphatic heterocycles. The molecule has 7 nitrogen and oxygen atoms in total. The van der Waals surface area contributed by atoms with Crippen molar-refractivity contribution in [2.45, 2.75) is 26.3 Å². The minimum Gasteiger partial charge on any atom is -0.299 e. The van der Waals surface area contributed by atoms with E-state index in [0.717, 1.165) is 19.5 Å². The molecule has 3 aromatic rings. The first-order valence-corrected chi connectivity index (χ1v) is 10.9. The number of anilines is 1. The van der Waals surface area contributed by atoms with Crippen molar-refractivity contribution in [3.63, 3.8) is 0 Å². The molecule has 1 atom stereocenters. The molecule has 33 heavy (non-hydrogen) atoms. The van der Waals surface area contributed by atoms with Crippen molar-refractivity contribution in [3.8, 4) is 17.3 Å². The lowest BCUT2D eigenvalue weighted by atomic mass is 9.99. The van der Waals surface area contributed by atoms with E-state index in [0.29, 0.717) is 29.2 Å². The van der Waals surface area contributed by atoms with Crippen LogP contribution in [-0.2, 0) is 6.54 Å². The molecular weight excluding hydrogens is 419 g/mol. The second-order valence-corrected chi connectivity index (χ2v) is 8.32. The van der Waals surface area contributed by atoms with Crippen LogP contribution in [0, 0.1) is 23.1 Å². The normalized spacial score (nSPS) is 16.6. The fraction of sp³-hybridized carbons (Fsp3) is 0.280. The molecule has 168 valence electrons. The van der Waals surface area contributed by atoms with Crippen molar-refractivity contribution < 1.29 is 4.39 Å². The molecule has 0 spiro atoms. The molecule has 2 aromatic carbocycles. The van der Waals surface area contributed by atoms with Gasteiger partial charge in [0.25, 0.3) is 5.56 Å². The van der Waals surface area contributed by atoms with Crippen LogP contribution in [0.1, 0.15) is 36.5 Å². The highest BCUT2D eigenvalue weighted by Crippen LogP contribution is 2.20. The van der Waals surface area contributed by atoms with Gasteiger partial charge in [-0.3, -0.25) is 14.7 Å². The number of likely N-dealkylation sites (tertiary alicyclic amines) is 1. The molecule has 1 aromatic heterocycles. The molecule has 0 bridgehead atoms. The number of aromatic nitrogens is 2. The van der Waals surface area contributed by atoms with E-state index in [1.165, 1.54) is 18.7 Å². The number of hydrogen-bond acceptors (Lipinski definition) is 6. The summed E-state index contributed by atoms with van der Waals surface area (Å²) in [6.45, 7) is 4.82. The quantitative estimate of drug-likeness (QED) is 0.440. The largest absolute Gasteiger partial charge is 0.299 e. The number of nitrogens with zero attached hydrogens (tertiary/aromatic N) is 4. The van der Waals surface area contributed by atoms with Crippen molar-refractivity contribution >= 4 is 12.2 Å². The third-order valence-corrected chi connectivity index (χ3v) is 5.67. The standard InChI is InChI=1S/C25H25FN6O/c1-17-6-5-11-32(15-17)16-20-10-9-18(12-22(20)26)14-28-31-25-29-23(19-7-3-2-4-8-19)21(13-27)24(33)30-25/h2-4,7-10,12,14,17H,5-6,11,15-16H2,1H3,(H2,29,30,31,33). The average molecular weight is 445 g/mol. The van der Waals surface area contributed by atoms with Gasteiger partial charge in [0.15, 0.2) is 0 Å². The molecule has 1 fully saturated rings. The van der Waals surface area contributed by atoms with Crippen LogP contribution in [0.3, 0.4) is 0 Å². The van der Waals surface area contributed by atoms with Crippen LogP contribution in [0.2, 0.25) is 0 Å². The number of rotatable bonds is 6. The zero-order valence-electron chi connectivity index (χ0n) is 18.4. The van der Waals surface area contributed by atoms with Crippen LogP contribution < -0.4 is 11.0 Å². The Bertz CT molecular complexity index is 1250. The van der Waals surface area contributed by atoms with E-state index in [1.807, 2.05) is 12.1 Å². The van der Waals surface area contributed by atoms with Gasteiger partial charge in [0, 0.05) is 24.2 Å². The van der Waals surface area contributed by atoms with Crippen molar-refractivity contribution in [3.05, 3.63) is 81.4 Å². The molecule has 0 aliphatic carbocycles. The van der Waals surface area contributed by atoms with Gasteiger partial charge in [0.1, 0.15) is 17.4 Å². The summed E-state index contributed by atoms with van der Waals surface area (Å²) < 4.78 is 14.6. The minimum absolute atomic E-state index is 0.0727. The Hall–Kier alpha value is -3.83. The zero-order valence-corrected chi connectivity index (χ0v) is 18.4. The highest BCUT2D eigenvalue weighted by Gasteiger charge is 2.17. The number of nitriles is 1.